The van der Waals surface area contributed by atoms with Gasteiger partial charge in [-0.2, -0.15) is 0 Å². The van der Waals surface area contributed by atoms with Crippen molar-refractivity contribution in [3.63, 3.8) is 0 Å². The smallest absolute Gasteiger partial charge is 0.248 e. The summed E-state index contributed by atoms with van der Waals surface area (Å²) in [6.45, 7) is 5.67. The van der Waals surface area contributed by atoms with Gasteiger partial charge in [0.2, 0.25) is 0 Å². The lowest BCUT2D eigenvalue weighted by molar-refractivity contribution is -0.703. The minimum absolute atomic E-state index is 1.17. The number of hydrogen-bond acceptors (Lipinski definition) is 0. The summed E-state index contributed by atoms with van der Waals surface area (Å²) in [5, 5.41) is 0. The van der Waals surface area contributed by atoms with E-state index in [0.717, 1.165) is 0 Å². The van der Waals surface area contributed by atoms with E-state index in [9.17, 15) is 0 Å². The largest absolute Gasteiger partial charge is 0.254 e. The molecule has 2 nitrogen and oxygen atoms in total. The molecular weight excluding hydrogens is 184 g/mol. The molecule has 1 N–H and O–H groups in total. The molecule has 1 aromatic rings. The van der Waals surface area contributed by atoms with Crippen LogP contribution in [0.3, 0.4) is 0 Å². The normalized spacial score (nSPS) is 10.8. The second-order valence-corrected chi connectivity index (χ2v) is 4.26. The third kappa shape index (κ3) is 4.50. The molecule has 1 rings (SSSR count). The van der Waals surface area contributed by atoms with E-state index in [2.05, 4.69) is 35.8 Å². The van der Waals surface area contributed by atoms with Crippen LogP contribution in [0.1, 0.15) is 58.2 Å². The Balaban J connectivity index is 2.29. The molecular formula is C13H25N2+. The number of H-pyrrole nitrogens is 1. The van der Waals surface area contributed by atoms with Gasteiger partial charge in [-0.15, -0.1) is 0 Å². The van der Waals surface area contributed by atoms with Crippen LogP contribution in [0.5, 0.6) is 0 Å². The van der Waals surface area contributed by atoms with Gasteiger partial charge in [0.1, 0.15) is 12.4 Å². The average molecular weight is 209 g/mol. The van der Waals surface area contributed by atoms with Crippen LogP contribution in [0.15, 0.2) is 12.4 Å². The Morgan fingerprint density at radius 1 is 1.07 bits per heavy atom. The van der Waals surface area contributed by atoms with Gasteiger partial charge in [-0.05, 0) is 12.8 Å². The summed E-state index contributed by atoms with van der Waals surface area (Å²) >= 11 is 0. The lowest BCUT2D eigenvalue weighted by atomic mass is 10.1. The van der Waals surface area contributed by atoms with Crippen molar-refractivity contribution in [3.05, 3.63) is 18.2 Å². The van der Waals surface area contributed by atoms with Gasteiger partial charge < -0.3 is 0 Å². The van der Waals surface area contributed by atoms with Gasteiger partial charge in [-0.3, -0.25) is 0 Å². The molecule has 0 bridgehead atoms. The first kappa shape index (κ1) is 12.3. The molecule has 15 heavy (non-hydrogen) atoms. The molecule has 2 heteroatoms. The van der Waals surface area contributed by atoms with E-state index in [4.69, 9.17) is 0 Å². The molecule has 1 heterocycles. The molecule has 0 saturated carbocycles. The third-order valence-electron chi connectivity index (χ3n) is 2.87. The monoisotopic (exact) mass is 209 g/mol. The molecule has 0 aliphatic heterocycles. The number of unbranched alkanes of at least 4 members (excludes halogenated alkanes) is 4. The Hall–Kier alpha value is -0.790. The lowest BCUT2D eigenvalue weighted by Crippen LogP contribution is -2.35. The second-order valence-electron chi connectivity index (χ2n) is 4.26. The highest BCUT2D eigenvalue weighted by Crippen LogP contribution is 2.03. The summed E-state index contributed by atoms with van der Waals surface area (Å²) in [7, 11) is 0. The Labute approximate surface area is 93.7 Å². The van der Waals surface area contributed by atoms with Crippen molar-refractivity contribution in [1.29, 1.82) is 0 Å². The lowest BCUT2D eigenvalue weighted by Gasteiger charge is -2.00. The maximum atomic E-state index is 3.35. The van der Waals surface area contributed by atoms with Crippen LogP contribution in [-0.2, 0) is 13.0 Å². The van der Waals surface area contributed by atoms with Gasteiger partial charge >= 0.3 is 0 Å². The molecule has 0 aromatic carbocycles. The number of aromatic amines is 1. The van der Waals surface area contributed by atoms with Crippen LogP contribution >= 0.6 is 0 Å². The van der Waals surface area contributed by atoms with Gasteiger partial charge in [-0.25, -0.2) is 9.55 Å². The standard InChI is InChI=1S/C13H24N2/c1-3-5-7-8-9-13-14-10-12-15(13)11-6-4-2/h10,12H,3-9,11H2,1-2H3/p+1. The van der Waals surface area contributed by atoms with Gasteiger partial charge in [0.25, 0.3) is 5.82 Å². The Morgan fingerprint density at radius 3 is 2.60 bits per heavy atom. The van der Waals surface area contributed by atoms with Crippen LogP contribution in [0, 0.1) is 0 Å². The van der Waals surface area contributed by atoms with E-state index >= 15 is 0 Å². The minimum atomic E-state index is 1.17. The van der Waals surface area contributed by atoms with Gasteiger partial charge in [-0.1, -0.05) is 39.5 Å². The highest BCUT2D eigenvalue weighted by atomic mass is 15.1. The zero-order valence-electron chi connectivity index (χ0n) is 10.3. The SMILES string of the molecule is CCCCCCc1[nH]cc[n+]1CCCC. The first-order valence-electron chi connectivity index (χ1n) is 6.44. The fourth-order valence-corrected chi connectivity index (χ4v) is 1.87. The highest BCUT2D eigenvalue weighted by molar-refractivity contribution is 4.77. The van der Waals surface area contributed by atoms with E-state index in [1.165, 1.54) is 57.3 Å². The number of imidazole rings is 1. The fraction of sp³-hybridized carbons (Fsp3) is 0.769. The summed E-state index contributed by atoms with van der Waals surface area (Å²) in [5.74, 6) is 1.40. The molecule has 0 spiro atoms. The Bertz CT molecular complexity index is 253. The van der Waals surface area contributed by atoms with Crippen molar-refractivity contribution in [1.82, 2.24) is 4.98 Å². The fourth-order valence-electron chi connectivity index (χ4n) is 1.87. The summed E-state index contributed by atoms with van der Waals surface area (Å²) in [5.41, 5.74) is 0. The van der Waals surface area contributed by atoms with E-state index in [-0.39, 0.29) is 0 Å². The molecule has 0 aliphatic carbocycles. The molecule has 0 aliphatic rings. The summed E-state index contributed by atoms with van der Waals surface area (Å²) < 4.78 is 2.37. The van der Waals surface area contributed by atoms with Crippen LogP contribution in [0.25, 0.3) is 0 Å². The van der Waals surface area contributed by atoms with Crippen LogP contribution in [-0.4, -0.2) is 4.98 Å². The number of rotatable bonds is 8. The predicted molar refractivity (Wildman–Crippen MR) is 63.7 cm³/mol. The van der Waals surface area contributed by atoms with Crippen molar-refractivity contribution < 1.29 is 4.57 Å². The summed E-state index contributed by atoms with van der Waals surface area (Å²) in [4.78, 5) is 3.35. The molecule has 0 fully saturated rings. The van der Waals surface area contributed by atoms with Gasteiger partial charge in [0, 0.05) is 6.42 Å². The molecule has 1 aromatic heterocycles. The van der Waals surface area contributed by atoms with Crippen molar-refractivity contribution >= 4 is 0 Å². The van der Waals surface area contributed by atoms with E-state index in [1.54, 1.807) is 0 Å². The Kier molecular flexibility index (Phi) is 6.14. The maximum absolute atomic E-state index is 3.35. The van der Waals surface area contributed by atoms with Gasteiger partial charge in [0.15, 0.2) is 0 Å². The molecule has 0 saturated heterocycles. The zero-order valence-corrected chi connectivity index (χ0v) is 10.3. The highest BCUT2D eigenvalue weighted by Gasteiger charge is 2.08. The first-order valence-corrected chi connectivity index (χ1v) is 6.44. The van der Waals surface area contributed by atoms with E-state index in [0.29, 0.717) is 0 Å². The second kappa shape index (κ2) is 7.49. The molecule has 0 amide bonds. The summed E-state index contributed by atoms with van der Waals surface area (Å²) in [6.07, 6.45) is 13.4. The number of nitrogens with zero attached hydrogens (tertiary/aromatic N) is 1. The van der Waals surface area contributed by atoms with Crippen LogP contribution in [0.2, 0.25) is 0 Å². The average Bonchev–Trinajstić information content (AvgIpc) is 2.69. The quantitative estimate of drug-likeness (QED) is 0.501. The molecule has 0 unspecified atom stereocenters. The maximum Gasteiger partial charge on any atom is 0.254 e. The van der Waals surface area contributed by atoms with Gasteiger partial charge in [0.05, 0.1) is 6.54 Å². The van der Waals surface area contributed by atoms with Crippen molar-refractivity contribution in [2.45, 2.75) is 65.3 Å². The summed E-state index contributed by atoms with van der Waals surface area (Å²) in [6, 6.07) is 0. The molecule has 0 radical (unpaired) electrons. The number of aryl methyl sites for hydroxylation is 2. The number of hydrogen-bond donors (Lipinski definition) is 1. The molecule has 86 valence electrons. The number of nitrogens with one attached hydrogen (secondary N) is 1. The van der Waals surface area contributed by atoms with E-state index < -0.39 is 0 Å². The topological polar surface area (TPSA) is 19.7 Å². The Morgan fingerprint density at radius 2 is 1.87 bits per heavy atom. The van der Waals surface area contributed by atoms with Crippen molar-refractivity contribution in [2.75, 3.05) is 0 Å². The van der Waals surface area contributed by atoms with Crippen molar-refractivity contribution in [3.8, 4) is 0 Å². The first-order chi connectivity index (χ1) is 7.38. The molecule has 0 atom stereocenters. The minimum Gasteiger partial charge on any atom is -0.248 e. The zero-order chi connectivity index (χ0) is 10.9. The van der Waals surface area contributed by atoms with Crippen LogP contribution in [0.4, 0.5) is 0 Å². The van der Waals surface area contributed by atoms with Crippen LogP contribution < -0.4 is 4.57 Å². The predicted octanol–water partition coefficient (Wildman–Crippen LogP) is 3.23. The third-order valence-corrected chi connectivity index (χ3v) is 2.87. The van der Waals surface area contributed by atoms with E-state index in [1.807, 2.05) is 0 Å². The van der Waals surface area contributed by atoms with Crippen molar-refractivity contribution in [2.24, 2.45) is 0 Å². The number of aromatic nitrogens is 2.